The maximum absolute atomic E-state index is 5.53. The van der Waals surface area contributed by atoms with E-state index in [0.717, 1.165) is 37.2 Å². The summed E-state index contributed by atoms with van der Waals surface area (Å²) in [6.45, 7) is 6.68. The molecule has 98 valence electrons. The van der Waals surface area contributed by atoms with Gasteiger partial charge in [-0.05, 0) is 43.1 Å². The Hall–Kier alpha value is -1.39. The van der Waals surface area contributed by atoms with Crippen LogP contribution in [0.1, 0.15) is 24.8 Å². The highest BCUT2D eigenvalue weighted by atomic mass is 16.3. The first-order valence-electron chi connectivity index (χ1n) is 6.46. The van der Waals surface area contributed by atoms with Gasteiger partial charge in [0.05, 0.1) is 0 Å². The Bertz CT molecular complexity index is 507. The molecule has 4 nitrogen and oxygen atoms in total. The van der Waals surface area contributed by atoms with Crippen LogP contribution in [0, 0.1) is 12.8 Å². The number of hydrogen-bond acceptors (Lipinski definition) is 4. The molecule has 18 heavy (non-hydrogen) atoms. The molecule has 1 atom stereocenters. The fraction of sp³-hybridized carbons (Fsp3) is 0.500. The van der Waals surface area contributed by atoms with E-state index < -0.39 is 0 Å². The molecular formula is C14H21N3O. The summed E-state index contributed by atoms with van der Waals surface area (Å²) in [5.41, 5.74) is 8.54. The maximum atomic E-state index is 5.53. The molecule has 2 rings (SSSR count). The van der Waals surface area contributed by atoms with Gasteiger partial charge in [-0.2, -0.15) is 0 Å². The fourth-order valence-corrected chi connectivity index (χ4v) is 2.04. The number of aromatic nitrogens is 1. The van der Waals surface area contributed by atoms with Crippen LogP contribution < -0.4 is 11.1 Å². The van der Waals surface area contributed by atoms with E-state index in [1.165, 1.54) is 5.56 Å². The summed E-state index contributed by atoms with van der Waals surface area (Å²) in [6, 6.07) is 6.15. The van der Waals surface area contributed by atoms with Crippen molar-refractivity contribution < 1.29 is 4.42 Å². The van der Waals surface area contributed by atoms with Crippen molar-refractivity contribution in [2.45, 2.75) is 26.8 Å². The summed E-state index contributed by atoms with van der Waals surface area (Å²) in [5, 5.41) is 3.44. The Morgan fingerprint density at radius 1 is 1.44 bits per heavy atom. The number of nitrogens with one attached hydrogen (secondary N) is 1. The van der Waals surface area contributed by atoms with E-state index in [9.17, 15) is 0 Å². The van der Waals surface area contributed by atoms with E-state index in [1.807, 2.05) is 13.0 Å². The Morgan fingerprint density at radius 2 is 2.28 bits per heavy atom. The number of aryl methyl sites for hydroxylation is 1. The predicted molar refractivity (Wildman–Crippen MR) is 73.3 cm³/mol. The van der Waals surface area contributed by atoms with E-state index in [1.54, 1.807) is 0 Å². The lowest BCUT2D eigenvalue weighted by atomic mass is 10.1. The molecule has 3 N–H and O–H groups in total. The van der Waals surface area contributed by atoms with E-state index in [-0.39, 0.29) is 0 Å². The fourth-order valence-electron chi connectivity index (χ4n) is 2.04. The van der Waals surface area contributed by atoms with Crippen molar-refractivity contribution >= 4 is 11.1 Å². The Balaban J connectivity index is 1.91. The van der Waals surface area contributed by atoms with Crippen molar-refractivity contribution in [2.75, 3.05) is 13.1 Å². The number of hydrogen-bond donors (Lipinski definition) is 2. The minimum Gasteiger partial charge on any atom is -0.441 e. The minimum absolute atomic E-state index is 0.617. The average Bonchev–Trinajstić information content (AvgIpc) is 2.69. The third kappa shape index (κ3) is 3.31. The van der Waals surface area contributed by atoms with Crippen molar-refractivity contribution in [1.29, 1.82) is 0 Å². The quantitative estimate of drug-likeness (QED) is 0.821. The summed E-state index contributed by atoms with van der Waals surface area (Å²) < 4.78 is 5.52. The molecule has 0 bridgehead atoms. The maximum Gasteiger partial charge on any atom is 0.192 e. The molecule has 4 heteroatoms. The normalized spacial score (nSPS) is 13.1. The first-order valence-corrected chi connectivity index (χ1v) is 6.46. The lowest BCUT2D eigenvalue weighted by Crippen LogP contribution is -2.22. The van der Waals surface area contributed by atoms with Crippen LogP contribution in [0.5, 0.6) is 0 Å². The molecule has 1 heterocycles. The average molecular weight is 247 g/mol. The molecule has 0 fully saturated rings. The molecule has 0 aliphatic heterocycles. The second kappa shape index (κ2) is 5.98. The minimum atomic E-state index is 0.617. The predicted octanol–water partition coefficient (Wildman–Crippen LogP) is 2.21. The van der Waals surface area contributed by atoms with Gasteiger partial charge >= 0.3 is 0 Å². The summed E-state index contributed by atoms with van der Waals surface area (Å²) in [7, 11) is 0. The van der Waals surface area contributed by atoms with Crippen LogP contribution in [0.25, 0.3) is 11.1 Å². The van der Waals surface area contributed by atoms with Crippen molar-refractivity contribution in [3.05, 3.63) is 29.7 Å². The smallest absolute Gasteiger partial charge is 0.192 e. The van der Waals surface area contributed by atoms with Crippen molar-refractivity contribution in [3.8, 4) is 0 Å². The van der Waals surface area contributed by atoms with Gasteiger partial charge in [0.2, 0.25) is 0 Å². The highest BCUT2D eigenvalue weighted by molar-refractivity contribution is 5.73. The zero-order chi connectivity index (χ0) is 13.0. The Labute approximate surface area is 108 Å². The van der Waals surface area contributed by atoms with Gasteiger partial charge in [-0.3, -0.25) is 0 Å². The molecule has 1 unspecified atom stereocenters. The van der Waals surface area contributed by atoms with Gasteiger partial charge < -0.3 is 15.5 Å². The van der Waals surface area contributed by atoms with E-state index in [0.29, 0.717) is 11.8 Å². The molecule has 0 amide bonds. The summed E-state index contributed by atoms with van der Waals surface area (Å²) in [5.74, 6) is 1.33. The van der Waals surface area contributed by atoms with Crippen LogP contribution in [0.15, 0.2) is 22.6 Å². The third-order valence-electron chi connectivity index (χ3n) is 3.04. The Kier molecular flexibility index (Phi) is 4.33. The molecule has 0 spiro atoms. The molecule has 0 saturated carbocycles. The number of nitrogens with two attached hydrogens (primary N) is 1. The molecular weight excluding hydrogens is 226 g/mol. The number of oxazole rings is 1. The molecule has 0 aliphatic rings. The van der Waals surface area contributed by atoms with Gasteiger partial charge in [-0.1, -0.05) is 13.0 Å². The zero-order valence-corrected chi connectivity index (χ0v) is 11.1. The van der Waals surface area contributed by atoms with E-state index >= 15 is 0 Å². The first kappa shape index (κ1) is 13.1. The summed E-state index contributed by atoms with van der Waals surface area (Å²) >= 11 is 0. The van der Waals surface area contributed by atoms with Crippen molar-refractivity contribution in [2.24, 2.45) is 11.7 Å². The second-order valence-corrected chi connectivity index (χ2v) is 4.85. The lowest BCUT2D eigenvalue weighted by Gasteiger charge is -2.11. The number of fused-ring (bicyclic) bond motifs is 1. The number of benzene rings is 1. The van der Waals surface area contributed by atoms with Gasteiger partial charge in [0.15, 0.2) is 11.5 Å². The third-order valence-corrected chi connectivity index (χ3v) is 3.04. The summed E-state index contributed by atoms with van der Waals surface area (Å²) in [4.78, 5) is 4.29. The van der Waals surface area contributed by atoms with Gasteiger partial charge in [0.25, 0.3) is 0 Å². The highest BCUT2D eigenvalue weighted by Crippen LogP contribution is 2.16. The molecule has 0 saturated heterocycles. The van der Waals surface area contributed by atoms with Crippen LogP contribution in [-0.4, -0.2) is 18.1 Å². The van der Waals surface area contributed by atoms with Crippen LogP contribution in [0.3, 0.4) is 0 Å². The second-order valence-electron chi connectivity index (χ2n) is 4.85. The van der Waals surface area contributed by atoms with Crippen molar-refractivity contribution in [3.63, 3.8) is 0 Å². The number of rotatable bonds is 6. The van der Waals surface area contributed by atoms with Crippen LogP contribution in [-0.2, 0) is 6.54 Å². The standard InChI is InChI=1S/C14H21N3O/c1-10(5-6-15)8-16-9-12-3-4-13-14(7-12)18-11(2)17-13/h3-4,7,10,16H,5-6,8-9,15H2,1-2H3. The lowest BCUT2D eigenvalue weighted by molar-refractivity contribution is 0.486. The molecule has 1 aromatic heterocycles. The van der Waals surface area contributed by atoms with E-state index in [2.05, 4.69) is 29.4 Å². The number of nitrogens with zero attached hydrogens (tertiary/aromatic N) is 1. The van der Waals surface area contributed by atoms with Crippen LogP contribution >= 0.6 is 0 Å². The molecule has 0 radical (unpaired) electrons. The largest absolute Gasteiger partial charge is 0.441 e. The monoisotopic (exact) mass is 247 g/mol. The molecule has 1 aromatic carbocycles. The topological polar surface area (TPSA) is 64.1 Å². The van der Waals surface area contributed by atoms with Crippen molar-refractivity contribution in [1.82, 2.24) is 10.3 Å². The van der Waals surface area contributed by atoms with E-state index in [4.69, 9.17) is 10.2 Å². The van der Waals surface area contributed by atoms with Gasteiger partial charge in [-0.15, -0.1) is 0 Å². The van der Waals surface area contributed by atoms with Gasteiger partial charge in [-0.25, -0.2) is 4.98 Å². The van der Waals surface area contributed by atoms with Gasteiger partial charge in [0.1, 0.15) is 5.52 Å². The van der Waals surface area contributed by atoms with Crippen LogP contribution in [0.4, 0.5) is 0 Å². The first-order chi connectivity index (χ1) is 8.69. The summed E-state index contributed by atoms with van der Waals surface area (Å²) in [6.07, 6.45) is 1.06. The zero-order valence-electron chi connectivity index (χ0n) is 11.1. The Morgan fingerprint density at radius 3 is 3.06 bits per heavy atom. The molecule has 2 aromatic rings. The van der Waals surface area contributed by atoms with Crippen LogP contribution in [0.2, 0.25) is 0 Å². The molecule has 0 aliphatic carbocycles. The van der Waals surface area contributed by atoms with Gasteiger partial charge in [0, 0.05) is 13.5 Å². The SMILES string of the molecule is Cc1nc2ccc(CNCC(C)CCN)cc2o1. The highest BCUT2D eigenvalue weighted by Gasteiger charge is 2.04.